The highest BCUT2D eigenvalue weighted by Gasteiger charge is 2.10. The largest absolute Gasteiger partial charge is 0.497 e. The number of ether oxygens (including phenoxy) is 1. The lowest BCUT2D eigenvalue weighted by Crippen LogP contribution is -2.00. The first kappa shape index (κ1) is 12.1. The molecule has 0 amide bonds. The molecule has 0 aliphatic heterocycles. The number of rotatable bonds is 4. The Bertz CT molecular complexity index is 560. The zero-order valence-corrected chi connectivity index (χ0v) is 11.3. The molecule has 2 aromatic rings. The Balaban J connectivity index is 1.65. The first-order valence-corrected chi connectivity index (χ1v) is 6.84. The van der Waals surface area contributed by atoms with Gasteiger partial charge in [-0.15, -0.1) is 0 Å². The molecule has 0 unspecified atom stereocenters. The van der Waals surface area contributed by atoms with Gasteiger partial charge in [0.1, 0.15) is 5.75 Å². The zero-order chi connectivity index (χ0) is 13.1. The summed E-state index contributed by atoms with van der Waals surface area (Å²) < 4.78 is 5.16. The average Bonchev–Trinajstić information content (AvgIpc) is 2.93. The van der Waals surface area contributed by atoms with E-state index in [0.717, 1.165) is 12.3 Å². The van der Waals surface area contributed by atoms with Crippen LogP contribution in [-0.2, 0) is 19.4 Å². The van der Waals surface area contributed by atoms with Crippen molar-refractivity contribution in [1.29, 1.82) is 0 Å². The lowest BCUT2D eigenvalue weighted by Gasteiger charge is -2.09. The van der Waals surface area contributed by atoms with Crippen molar-refractivity contribution in [2.75, 3.05) is 12.4 Å². The second-order valence-electron chi connectivity index (χ2n) is 5.04. The molecule has 0 heterocycles. The molecule has 0 saturated carbocycles. The normalized spacial score (nSPS) is 13.1. The molecule has 98 valence electrons. The van der Waals surface area contributed by atoms with Crippen LogP contribution in [0.1, 0.15) is 23.1 Å². The van der Waals surface area contributed by atoms with E-state index in [1.54, 1.807) is 7.11 Å². The Morgan fingerprint density at radius 2 is 1.79 bits per heavy atom. The highest BCUT2D eigenvalue weighted by Crippen LogP contribution is 2.25. The minimum absolute atomic E-state index is 0.850. The molecule has 0 spiro atoms. The van der Waals surface area contributed by atoms with Crippen LogP contribution in [0.4, 0.5) is 5.69 Å². The van der Waals surface area contributed by atoms with Crippen molar-refractivity contribution in [3.05, 3.63) is 59.2 Å². The Kier molecular flexibility index (Phi) is 3.41. The Morgan fingerprint density at radius 3 is 2.58 bits per heavy atom. The maximum absolute atomic E-state index is 5.16. The van der Waals surface area contributed by atoms with Gasteiger partial charge in [-0.2, -0.15) is 0 Å². The summed E-state index contributed by atoms with van der Waals surface area (Å²) in [4.78, 5) is 0. The summed E-state index contributed by atoms with van der Waals surface area (Å²) in [6.07, 6.45) is 3.78. The van der Waals surface area contributed by atoms with Gasteiger partial charge in [-0.05, 0) is 60.2 Å². The third-order valence-corrected chi connectivity index (χ3v) is 3.75. The van der Waals surface area contributed by atoms with Crippen molar-refractivity contribution in [1.82, 2.24) is 0 Å². The van der Waals surface area contributed by atoms with Crippen LogP contribution in [-0.4, -0.2) is 7.11 Å². The van der Waals surface area contributed by atoms with E-state index in [0.29, 0.717) is 0 Å². The van der Waals surface area contributed by atoms with E-state index in [2.05, 4.69) is 35.6 Å². The summed E-state index contributed by atoms with van der Waals surface area (Å²) >= 11 is 0. The van der Waals surface area contributed by atoms with Gasteiger partial charge in [0, 0.05) is 12.2 Å². The molecule has 1 aliphatic rings. The Morgan fingerprint density at radius 1 is 1.00 bits per heavy atom. The van der Waals surface area contributed by atoms with Crippen LogP contribution in [0, 0.1) is 0 Å². The van der Waals surface area contributed by atoms with Gasteiger partial charge in [0.05, 0.1) is 7.11 Å². The van der Waals surface area contributed by atoms with Crippen molar-refractivity contribution in [3.63, 3.8) is 0 Å². The van der Waals surface area contributed by atoms with Crippen molar-refractivity contribution in [3.8, 4) is 5.75 Å². The van der Waals surface area contributed by atoms with Gasteiger partial charge in [-0.1, -0.05) is 18.2 Å². The van der Waals surface area contributed by atoms with Crippen molar-refractivity contribution < 1.29 is 4.74 Å². The highest BCUT2D eigenvalue weighted by molar-refractivity contribution is 5.50. The molecule has 19 heavy (non-hydrogen) atoms. The monoisotopic (exact) mass is 253 g/mol. The van der Waals surface area contributed by atoms with Gasteiger partial charge < -0.3 is 10.1 Å². The fraction of sp³-hybridized carbons (Fsp3) is 0.294. The van der Waals surface area contributed by atoms with E-state index in [-0.39, 0.29) is 0 Å². The summed E-state index contributed by atoms with van der Waals surface area (Å²) in [5.74, 6) is 0.904. The van der Waals surface area contributed by atoms with Gasteiger partial charge in [-0.25, -0.2) is 0 Å². The SMILES string of the molecule is COc1ccc(CNc2ccc3c(c2)CCC3)cc1. The van der Waals surface area contributed by atoms with Crippen LogP contribution < -0.4 is 10.1 Å². The number of hydrogen-bond donors (Lipinski definition) is 1. The summed E-state index contributed by atoms with van der Waals surface area (Å²) in [5, 5.41) is 3.49. The standard InChI is InChI=1S/C17H19NO/c1-19-17-9-5-13(6-10-17)12-18-16-8-7-14-3-2-4-15(14)11-16/h5-11,18H,2-4,12H2,1H3. The summed E-state index contributed by atoms with van der Waals surface area (Å²) in [5.41, 5.74) is 5.52. The molecule has 2 heteroatoms. The van der Waals surface area contributed by atoms with Gasteiger partial charge in [-0.3, -0.25) is 0 Å². The predicted molar refractivity (Wildman–Crippen MR) is 78.8 cm³/mol. The van der Waals surface area contributed by atoms with Crippen LogP contribution in [0.5, 0.6) is 5.75 Å². The predicted octanol–water partition coefficient (Wildman–Crippen LogP) is 3.80. The summed E-state index contributed by atoms with van der Waals surface area (Å²) in [6.45, 7) is 0.850. The average molecular weight is 253 g/mol. The first-order chi connectivity index (χ1) is 9.35. The molecular formula is C17H19NO. The van der Waals surface area contributed by atoms with E-state index in [1.165, 1.54) is 41.6 Å². The first-order valence-electron chi connectivity index (χ1n) is 6.84. The third kappa shape index (κ3) is 2.73. The molecule has 3 rings (SSSR count). The number of methoxy groups -OCH3 is 1. The van der Waals surface area contributed by atoms with Gasteiger partial charge in [0.15, 0.2) is 0 Å². The topological polar surface area (TPSA) is 21.3 Å². The van der Waals surface area contributed by atoms with Crippen molar-refractivity contribution in [2.45, 2.75) is 25.8 Å². The van der Waals surface area contributed by atoms with Crippen LogP contribution >= 0.6 is 0 Å². The molecule has 1 N–H and O–H groups in total. The van der Waals surface area contributed by atoms with E-state index in [4.69, 9.17) is 4.74 Å². The number of fused-ring (bicyclic) bond motifs is 1. The summed E-state index contributed by atoms with van der Waals surface area (Å²) in [7, 11) is 1.69. The molecule has 0 atom stereocenters. The molecule has 0 fully saturated rings. The van der Waals surface area contributed by atoms with Crippen molar-refractivity contribution >= 4 is 5.69 Å². The molecule has 0 radical (unpaired) electrons. The number of aryl methyl sites for hydroxylation is 2. The third-order valence-electron chi connectivity index (χ3n) is 3.75. The number of hydrogen-bond acceptors (Lipinski definition) is 2. The zero-order valence-electron chi connectivity index (χ0n) is 11.3. The maximum atomic E-state index is 5.16. The molecular weight excluding hydrogens is 234 g/mol. The van der Waals surface area contributed by atoms with E-state index >= 15 is 0 Å². The quantitative estimate of drug-likeness (QED) is 0.895. The molecule has 0 aromatic heterocycles. The van der Waals surface area contributed by atoms with Gasteiger partial charge >= 0.3 is 0 Å². The second kappa shape index (κ2) is 5.35. The number of nitrogens with one attached hydrogen (secondary N) is 1. The number of benzene rings is 2. The second-order valence-corrected chi connectivity index (χ2v) is 5.04. The highest BCUT2D eigenvalue weighted by atomic mass is 16.5. The molecule has 2 nitrogen and oxygen atoms in total. The van der Waals surface area contributed by atoms with Gasteiger partial charge in [0.25, 0.3) is 0 Å². The smallest absolute Gasteiger partial charge is 0.118 e. The molecule has 0 saturated heterocycles. The Labute approximate surface area is 114 Å². The Hall–Kier alpha value is -1.96. The fourth-order valence-corrected chi connectivity index (χ4v) is 2.63. The maximum Gasteiger partial charge on any atom is 0.118 e. The minimum Gasteiger partial charge on any atom is -0.497 e. The van der Waals surface area contributed by atoms with Crippen LogP contribution in [0.25, 0.3) is 0 Å². The molecule has 1 aliphatic carbocycles. The fourth-order valence-electron chi connectivity index (χ4n) is 2.63. The lowest BCUT2D eigenvalue weighted by atomic mass is 10.1. The van der Waals surface area contributed by atoms with Gasteiger partial charge in [0.2, 0.25) is 0 Å². The molecule has 0 bridgehead atoms. The van der Waals surface area contributed by atoms with Crippen LogP contribution in [0.15, 0.2) is 42.5 Å². The lowest BCUT2D eigenvalue weighted by molar-refractivity contribution is 0.414. The van der Waals surface area contributed by atoms with Crippen LogP contribution in [0.2, 0.25) is 0 Å². The van der Waals surface area contributed by atoms with E-state index in [1.807, 2.05) is 12.1 Å². The summed E-state index contributed by atoms with van der Waals surface area (Å²) in [6, 6.07) is 14.9. The van der Waals surface area contributed by atoms with E-state index in [9.17, 15) is 0 Å². The molecule has 2 aromatic carbocycles. The minimum atomic E-state index is 0.850. The van der Waals surface area contributed by atoms with Crippen molar-refractivity contribution in [2.24, 2.45) is 0 Å². The van der Waals surface area contributed by atoms with E-state index < -0.39 is 0 Å². The number of anilines is 1. The van der Waals surface area contributed by atoms with Crippen LogP contribution in [0.3, 0.4) is 0 Å².